The highest BCUT2D eigenvalue weighted by molar-refractivity contribution is 7.12. The summed E-state index contributed by atoms with van der Waals surface area (Å²) in [6.07, 6.45) is 0. The second kappa shape index (κ2) is 8.11. The summed E-state index contributed by atoms with van der Waals surface area (Å²) in [5.74, 6) is -1.06. The lowest BCUT2D eigenvalue weighted by atomic mass is 10.1. The highest BCUT2D eigenvalue weighted by atomic mass is 32.1. The van der Waals surface area contributed by atoms with E-state index in [2.05, 4.69) is 5.32 Å². The summed E-state index contributed by atoms with van der Waals surface area (Å²) < 4.78 is 10.0. The molecule has 7 nitrogen and oxygen atoms in total. The Morgan fingerprint density at radius 1 is 1.27 bits per heavy atom. The topological polar surface area (TPSA) is 84.9 Å². The summed E-state index contributed by atoms with van der Waals surface area (Å²) in [5.41, 5.74) is 0.891. The zero-order chi connectivity index (χ0) is 18.5. The molecular formula is C18H18N2O5S. The second-order valence-electron chi connectivity index (χ2n) is 5.62. The van der Waals surface area contributed by atoms with Crippen molar-refractivity contribution in [3.05, 3.63) is 52.2 Å². The van der Waals surface area contributed by atoms with Crippen LogP contribution in [0.1, 0.15) is 20.0 Å². The maximum absolute atomic E-state index is 12.8. The Kier molecular flexibility index (Phi) is 5.65. The third kappa shape index (κ3) is 3.92. The minimum absolute atomic E-state index is 0.104. The fourth-order valence-electron chi connectivity index (χ4n) is 2.67. The Bertz CT molecular complexity index is 806. The largest absolute Gasteiger partial charge is 0.467 e. The van der Waals surface area contributed by atoms with Gasteiger partial charge in [-0.1, -0.05) is 12.1 Å². The van der Waals surface area contributed by atoms with E-state index in [0.717, 1.165) is 0 Å². The van der Waals surface area contributed by atoms with Crippen LogP contribution in [-0.4, -0.2) is 55.6 Å². The molecule has 1 aromatic carbocycles. The molecule has 0 radical (unpaired) electrons. The molecule has 1 N–H and O–H groups in total. The van der Waals surface area contributed by atoms with Crippen molar-refractivity contribution in [2.75, 3.05) is 32.2 Å². The van der Waals surface area contributed by atoms with Gasteiger partial charge in [-0.05, 0) is 29.6 Å². The zero-order valence-corrected chi connectivity index (χ0v) is 15.0. The number of morpholine rings is 1. The number of esters is 1. The van der Waals surface area contributed by atoms with E-state index in [1.54, 1.807) is 36.4 Å². The highest BCUT2D eigenvalue weighted by Crippen LogP contribution is 2.18. The molecule has 1 aliphatic heterocycles. The first kappa shape index (κ1) is 18.1. The molecule has 1 atom stereocenters. The zero-order valence-electron chi connectivity index (χ0n) is 14.1. The van der Waals surface area contributed by atoms with Gasteiger partial charge < -0.3 is 19.7 Å². The standard InChI is InChI=1S/C18H18N2O5S/c1-24-18(23)14-11-25-8-7-20(14)17(22)12-4-2-5-13(10-12)19-16(21)15-6-3-9-26-15/h2-6,9-10,14H,7-8,11H2,1H3,(H,19,21)/t14-/m0/s1. The smallest absolute Gasteiger partial charge is 0.331 e. The van der Waals surface area contributed by atoms with E-state index in [1.807, 2.05) is 5.38 Å². The van der Waals surface area contributed by atoms with Gasteiger partial charge in [-0.3, -0.25) is 9.59 Å². The normalized spacial score (nSPS) is 16.8. The van der Waals surface area contributed by atoms with Gasteiger partial charge >= 0.3 is 5.97 Å². The lowest BCUT2D eigenvalue weighted by Crippen LogP contribution is -2.53. The fraction of sp³-hybridized carbons (Fsp3) is 0.278. The minimum Gasteiger partial charge on any atom is -0.467 e. The lowest BCUT2D eigenvalue weighted by molar-refractivity contribution is -0.151. The molecule has 8 heteroatoms. The van der Waals surface area contributed by atoms with Crippen molar-refractivity contribution in [2.45, 2.75) is 6.04 Å². The molecule has 2 aromatic rings. The molecule has 0 bridgehead atoms. The predicted molar refractivity (Wildman–Crippen MR) is 96.4 cm³/mol. The number of ether oxygens (including phenoxy) is 2. The molecule has 1 fully saturated rings. The third-order valence-corrected chi connectivity index (χ3v) is 4.84. The summed E-state index contributed by atoms with van der Waals surface area (Å²) in [7, 11) is 1.28. The van der Waals surface area contributed by atoms with Gasteiger partial charge in [0, 0.05) is 17.8 Å². The van der Waals surface area contributed by atoms with E-state index < -0.39 is 12.0 Å². The molecule has 26 heavy (non-hydrogen) atoms. The van der Waals surface area contributed by atoms with E-state index in [9.17, 15) is 14.4 Å². The van der Waals surface area contributed by atoms with E-state index >= 15 is 0 Å². The lowest BCUT2D eigenvalue weighted by Gasteiger charge is -2.33. The Hall–Kier alpha value is -2.71. The molecule has 1 aromatic heterocycles. The Balaban J connectivity index is 1.77. The Labute approximate surface area is 154 Å². The molecule has 0 unspecified atom stereocenters. The predicted octanol–water partition coefficient (Wildman–Crippen LogP) is 2.01. The molecule has 136 valence electrons. The van der Waals surface area contributed by atoms with E-state index in [4.69, 9.17) is 9.47 Å². The van der Waals surface area contributed by atoms with Crippen LogP contribution in [0.2, 0.25) is 0 Å². The number of nitrogens with zero attached hydrogens (tertiary/aromatic N) is 1. The van der Waals surface area contributed by atoms with Crippen molar-refractivity contribution in [2.24, 2.45) is 0 Å². The molecule has 1 aliphatic rings. The summed E-state index contributed by atoms with van der Waals surface area (Å²) in [6.45, 7) is 0.756. The number of nitrogens with one attached hydrogen (secondary N) is 1. The Morgan fingerprint density at radius 2 is 2.12 bits per heavy atom. The van der Waals surface area contributed by atoms with Gasteiger partial charge in [0.2, 0.25) is 0 Å². The van der Waals surface area contributed by atoms with Gasteiger partial charge in [0.05, 0.1) is 25.2 Å². The average Bonchev–Trinajstić information content (AvgIpc) is 3.22. The summed E-state index contributed by atoms with van der Waals surface area (Å²) in [4.78, 5) is 38.9. The van der Waals surface area contributed by atoms with Crippen LogP contribution in [-0.2, 0) is 14.3 Å². The molecule has 0 saturated carbocycles. The van der Waals surface area contributed by atoms with Crippen molar-refractivity contribution in [1.82, 2.24) is 4.90 Å². The number of hydrogen-bond donors (Lipinski definition) is 1. The number of methoxy groups -OCH3 is 1. The van der Waals surface area contributed by atoms with Crippen LogP contribution in [0.25, 0.3) is 0 Å². The average molecular weight is 374 g/mol. The highest BCUT2D eigenvalue weighted by Gasteiger charge is 2.34. The first-order chi connectivity index (χ1) is 12.6. The van der Waals surface area contributed by atoms with Gasteiger partial charge in [0.25, 0.3) is 11.8 Å². The van der Waals surface area contributed by atoms with Gasteiger partial charge in [-0.2, -0.15) is 0 Å². The van der Waals surface area contributed by atoms with E-state index in [-0.39, 0.29) is 18.4 Å². The quantitative estimate of drug-likeness (QED) is 0.828. The molecule has 2 heterocycles. The van der Waals surface area contributed by atoms with Crippen LogP contribution in [0.5, 0.6) is 0 Å². The number of carbonyl (C=O) groups is 3. The minimum atomic E-state index is -0.773. The number of thiophene rings is 1. The van der Waals surface area contributed by atoms with Crippen LogP contribution in [0, 0.1) is 0 Å². The molecule has 1 saturated heterocycles. The fourth-order valence-corrected chi connectivity index (χ4v) is 3.29. The SMILES string of the molecule is COC(=O)[C@@H]1COCCN1C(=O)c1cccc(NC(=O)c2cccs2)c1. The van der Waals surface area contributed by atoms with Gasteiger partial charge in [0.15, 0.2) is 6.04 Å². The molecular weight excluding hydrogens is 356 g/mol. The van der Waals surface area contributed by atoms with Crippen molar-refractivity contribution in [1.29, 1.82) is 0 Å². The number of carbonyl (C=O) groups excluding carboxylic acids is 3. The van der Waals surface area contributed by atoms with Crippen LogP contribution in [0.15, 0.2) is 41.8 Å². The molecule has 0 aliphatic carbocycles. The van der Waals surface area contributed by atoms with Crippen LogP contribution >= 0.6 is 11.3 Å². The van der Waals surface area contributed by atoms with Crippen molar-refractivity contribution < 1.29 is 23.9 Å². The van der Waals surface area contributed by atoms with Crippen molar-refractivity contribution in [3.63, 3.8) is 0 Å². The molecule has 3 rings (SSSR count). The van der Waals surface area contributed by atoms with Crippen LogP contribution in [0.4, 0.5) is 5.69 Å². The van der Waals surface area contributed by atoms with Crippen molar-refractivity contribution >= 4 is 34.8 Å². The summed E-state index contributed by atoms with van der Waals surface area (Å²) in [6, 6.07) is 9.38. The van der Waals surface area contributed by atoms with E-state index in [1.165, 1.54) is 23.3 Å². The Morgan fingerprint density at radius 3 is 2.85 bits per heavy atom. The third-order valence-electron chi connectivity index (χ3n) is 3.97. The van der Waals surface area contributed by atoms with Crippen LogP contribution < -0.4 is 5.32 Å². The van der Waals surface area contributed by atoms with Gasteiger partial charge in [-0.25, -0.2) is 4.79 Å². The number of hydrogen-bond acceptors (Lipinski definition) is 6. The van der Waals surface area contributed by atoms with E-state index in [0.29, 0.717) is 29.3 Å². The second-order valence-corrected chi connectivity index (χ2v) is 6.57. The van der Waals surface area contributed by atoms with Crippen LogP contribution in [0.3, 0.4) is 0 Å². The summed E-state index contributed by atoms with van der Waals surface area (Å²) >= 11 is 1.34. The molecule has 0 spiro atoms. The monoisotopic (exact) mass is 374 g/mol. The number of benzene rings is 1. The number of amides is 2. The van der Waals surface area contributed by atoms with Crippen molar-refractivity contribution in [3.8, 4) is 0 Å². The van der Waals surface area contributed by atoms with Gasteiger partial charge in [0.1, 0.15) is 0 Å². The summed E-state index contributed by atoms with van der Waals surface area (Å²) in [5, 5.41) is 4.59. The first-order valence-corrected chi connectivity index (χ1v) is 8.89. The number of anilines is 1. The maximum Gasteiger partial charge on any atom is 0.331 e. The number of rotatable bonds is 4. The maximum atomic E-state index is 12.8. The van der Waals surface area contributed by atoms with Gasteiger partial charge in [-0.15, -0.1) is 11.3 Å². The first-order valence-electron chi connectivity index (χ1n) is 8.01. The molecule has 2 amide bonds.